The summed E-state index contributed by atoms with van der Waals surface area (Å²) in [6, 6.07) is 8.16. The van der Waals surface area contributed by atoms with Crippen molar-refractivity contribution in [1.82, 2.24) is 4.90 Å². The molecule has 1 aromatic heterocycles. The molecular weight excluding hydrogens is 242 g/mol. The number of carboxylic acids is 1. The van der Waals surface area contributed by atoms with Gasteiger partial charge in [-0.1, -0.05) is 12.5 Å². The van der Waals surface area contributed by atoms with Gasteiger partial charge in [-0.05, 0) is 43.7 Å². The van der Waals surface area contributed by atoms with Crippen LogP contribution in [0.4, 0.5) is 0 Å². The number of hydrogen-bond donors (Lipinski definition) is 1. The lowest BCUT2D eigenvalue weighted by atomic mass is 9.91. The molecule has 1 fully saturated rings. The van der Waals surface area contributed by atoms with E-state index in [-0.39, 0.29) is 5.76 Å². The molecule has 0 atom stereocenters. The average molecular weight is 259 g/mol. The van der Waals surface area contributed by atoms with Gasteiger partial charge in [0.2, 0.25) is 5.76 Å². The molecule has 0 radical (unpaired) electrons. The Hall–Kier alpha value is -1.81. The van der Waals surface area contributed by atoms with Gasteiger partial charge >= 0.3 is 5.97 Å². The number of benzene rings is 1. The maximum Gasteiger partial charge on any atom is 0.371 e. The van der Waals surface area contributed by atoms with E-state index in [4.69, 9.17) is 9.52 Å². The van der Waals surface area contributed by atoms with Crippen molar-refractivity contribution in [3.8, 4) is 0 Å². The highest BCUT2D eigenvalue weighted by atomic mass is 16.4. The summed E-state index contributed by atoms with van der Waals surface area (Å²) < 4.78 is 5.26. The Morgan fingerprint density at radius 2 is 2.21 bits per heavy atom. The molecule has 4 nitrogen and oxygen atoms in total. The molecule has 0 aliphatic heterocycles. The Morgan fingerprint density at radius 1 is 1.42 bits per heavy atom. The van der Waals surface area contributed by atoms with Crippen molar-refractivity contribution in [2.45, 2.75) is 31.8 Å². The van der Waals surface area contributed by atoms with Gasteiger partial charge < -0.3 is 9.52 Å². The van der Waals surface area contributed by atoms with E-state index >= 15 is 0 Å². The van der Waals surface area contributed by atoms with Crippen LogP contribution in [0.25, 0.3) is 11.0 Å². The molecule has 1 heterocycles. The Labute approximate surface area is 111 Å². The van der Waals surface area contributed by atoms with Crippen molar-refractivity contribution < 1.29 is 14.3 Å². The third kappa shape index (κ3) is 2.36. The second-order valence-electron chi connectivity index (χ2n) is 5.29. The highest BCUT2D eigenvalue weighted by Gasteiger charge is 2.21. The van der Waals surface area contributed by atoms with E-state index in [1.807, 2.05) is 18.2 Å². The summed E-state index contributed by atoms with van der Waals surface area (Å²) in [6.45, 7) is 0.897. The first-order valence-electron chi connectivity index (χ1n) is 6.59. The number of carbonyl (C=O) groups is 1. The van der Waals surface area contributed by atoms with Gasteiger partial charge in [0.05, 0.1) is 0 Å². The Balaban J connectivity index is 1.82. The Bertz CT molecular complexity index is 613. The lowest BCUT2D eigenvalue weighted by Crippen LogP contribution is -2.36. The maximum atomic E-state index is 10.9. The summed E-state index contributed by atoms with van der Waals surface area (Å²) in [5.41, 5.74) is 1.83. The molecule has 1 N–H and O–H groups in total. The predicted octanol–water partition coefficient (Wildman–Crippen LogP) is 3.12. The number of hydrogen-bond acceptors (Lipinski definition) is 3. The molecule has 4 heteroatoms. The normalized spacial score (nSPS) is 15.9. The minimum atomic E-state index is -1.02. The molecule has 100 valence electrons. The van der Waals surface area contributed by atoms with Crippen molar-refractivity contribution in [1.29, 1.82) is 0 Å². The number of nitrogens with zero attached hydrogens (tertiary/aromatic N) is 1. The molecule has 3 rings (SSSR count). The highest BCUT2D eigenvalue weighted by Crippen LogP contribution is 2.26. The topological polar surface area (TPSA) is 53.7 Å². The van der Waals surface area contributed by atoms with Gasteiger partial charge in [-0.3, -0.25) is 4.90 Å². The van der Waals surface area contributed by atoms with Crippen LogP contribution >= 0.6 is 0 Å². The monoisotopic (exact) mass is 259 g/mol. The lowest BCUT2D eigenvalue weighted by Gasteiger charge is -2.34. The molecular formula is C15H17NO3. The first-order valence-corrected chi connectivity index (χ1v) is 6.59. The fraction of sp³-hybridized carbons (Fsp3) is 0.400. The average Bonchev–Trinajstić information content (AvgIpc) is 2.69. The SMILES string of the molecule is CN(Cc1ccc2oc(C(=O)O)cc2c1)C1CCC1. The lowest BCUT2D eigenvalue weighted by molar-refractivity contribution is 0.0665. The minimum absolute atomic E-state index is 0.000465. The number of aromatic carboxylic acids is 1. The van der Waals surface area contributed by atoms with Crippen LogP contribution in [0.15, 0.2) is 28.7 Å². The van der Waals surface area contributed by atoms with E-state index in [1.165, 1.54) is 24.8 Å². The summed E-state index contributed by atoms with van der Waals surface area (Å²) in [6.07, 6.45) is 3.90. The molecule has 0 spiro atoms. The van der Waals surface area contributed by atoms with Gasteiger partial charge in [-0.15, -0.1) is 0 Å². The quantitative estimate of drug-likeness (QED) is 0.916. The first kappa shape index (κ1) is 12.2. The molecule has 0 amide bonds. The summed E-state index contributed by atoms with van der Waals surface area (Å²) in [5.74, 6) is -1.02. The van der Waals surface area contributed by atoms with Crippen LogP contribution in [0.5, 0.6) is 0 Å². The van der Waals surface area contributed by atoms with Crippen molar-refractivity contribution >= 4 is 16.9 Å². The number of furan rings is 1. The van der Waals surface area contributed by atoms with E-state index in [1.54, 1.807) is 6.07 Å². The third-order valence-electron chi connectivity index (χ3n) is 3.92. The van der Waals surface area contributed by atoms with E-state index < -0.39 is 5.97 Å². The Kier molecular flexibility index (Phi) is 3.03. The first-order chi connectivity index (χ1) is 9.13. The second kappa shape index (κ2) is 4.70. The Morgan fingerprint density at radius 3 is 2.84 bits per heavy atom. The van der Waals surface area contributed by atoms with Crippen molar-refractivity contribution in [3.63, 3.8) is 0 Å². The number of fused-ring (bicyclic) bond motifs is 1. The van der Waals surface area contributed by atoms with Gasteiger partial charge in [0.25, 0.3) is 0 Å². The third-order valence-corrected chi connectivity index (χ3v) is 3.92. The van der Waals surface area contributed by atoms with Gasteiger partial charge in [-0.25, -0.2) is 4.79 Å². The summed E-state index contributed by atoms with van der Waals surface area (Å²) in [5, 5.41) is 9.77. The number of carboxylic acid groups (broad SMARTS) is 1. The van der Waals surface area contributed by atoms with Crippen LogP contribution in [0.3, 0.4) is 0 Å². The molecule has 0 unspecified atom stereocenters. The van der Waals surface area contributed by atoms with Crippen molar-refractivity contribution in [3.05, 3.63) is 35.6 Å². The molecule has 1 saturated carbocycles. The number of rotatable bonds is 4. The summed E-state index contributed by atoms with van der Waals surface area (Å²) >= 11 is 0. The predicted molar refractivity (Wildman–Crippen MR) is 72.3 cm³/mol. The van der Waals surface area contributed by atoms with Crippen molar-refractivity contribution in [2.75, 3.05) is 7.05 Å². The zero-order valence-electron chi connectivity index (χ0n) is 10.9. The minimum Gasteiger partial charge on any atom is -0.475 e. The molecule has 0 bridgehead atoms. The van der Waals surface area contributed by atoms with Gasteiger partial charge in [0.15, 0.2) is 0 Å². The van der Waals surface area contributed by atoms with E-state index in [0.717, 1.165) is 11.9 Å². The highest BCUT2D eigenvalue weighted by molar-refractivity contribution is 5.91. The van der Waals surface area contributed by atoms with Crippen LogP contribution < -0.4 is 0 Å². The fourth-order valence-electron chi connectivity index (χ4n) is 2.54. The van der Waals surface area contributed by atoms with Crippen LogP contribution in [0, 0.1) is 0 Å². The van der Waals surface area contributed by atoms with Crippen LogP contribution in [0.2, 0.25) is 0 Å². The van der Waals surface area contributed by atoms with Crippen LogP contribution in [-0.2, 0) is 6.54 Å². The standard InChI is InChI=1S/C15H17NO3/c1-16(12-3-2-4-12)9-10-5-6-13-11(7-10)8-14(19-13)15(17)18/h5-8,12H,2-4,9H2,1H3,(H,17,18). The molecule has 2 aromatic rings. The van der Waals surface area contributed by atoms with Crippen molar-refractivity contribution in [2.24, 2.45) is 0 Å². The molecule has 1 aliphatic rings. The maximum absolute atomic E-state index is 10.9. The van der Waals surface area contributed by atoms with E-state index in [2.05, 4.69) is 11.9 Å². The smallest absolute Gasteiger partial charge is 0.371 e. The molecule has 19 heavy (non-hydrogen) atoms. The van der Waals surface area contributed by atoms with Gasteiger partial charge in [-0.2, -0.15) is 0 Å². The summed E-state index contributed by atoms with van der Waals surface area (Å²) in [7, 11) is 2.14. The fourth-order valence-corrected chi connectivity index (χ4v) is 2.54. The van der Waals surface area contributed by atoms with E-state index in [9.17, 15) is 4.79 Å². The van der Waals surface area contributed by atoms with Crippen LogP contribution in [0.1, 0.15) is 35.4 Å². The van der Waals surface area contributed by atoms with Gasteiger partial charge in [0.1, 0.15) is 5.58 Å². The zero-order chi connectivity index (χ0) is 13.4. The molecule has 0 saturated heterocycles. The summed E-state index contributed by atoms with van der Waals surface area (Å²) in [4.78, 5) is 13.2. The van der Waals surface area contributed by atoms with Crippen LogP contribution in [-0.4, -0.2) is 29.1 Å². The second-order valence-corrected chi connectivity index (χ2v) is 5.29. The molecule has 1 aromatic carbocycles. The zero-order valence-corrected chi connectivity index (χ0v) is 10.9. The largest absolute Gasteiger partial charge is 0.475 e. The van der Waals surface area contributed by atoms with Gasteiger partial charge in [0, 0.05) is 18.0 Å². The van der Waals surface area contributed by atoms with E-state index in [0.29, 0.717) is 11.6 Å². The molecule has 1 aliphatic carbocycles.